The van der Waals surface area contributed by atoms with E-state index in [0.717, 1.165) is 6.42 Å². The van der Waals surface area contributed by atoms with Gasteiger partial charge in [-0.25, -0.2) is 0 Å². The number of carbonyl (C=O) groups is 3. The Balaban J connectivity index is 2.74. The summed E-state index contributed by atoms with van der Waals surface area (Å²) < 4.78 is 0. The van der Waals surface area contributed by atoms with Crippen LogP contribution >= 0.6 is 12.6 Å². The molecule has 0 aromatic heterocycles. The zero-order valence-corrected chi connectivity index (χ0v) is 14.0. The molecule has 1 aliphatic rings. The first-order valence-electron chi connectivity index (χ1n) is 7.54. The van der Waals surface area contributed by atoms with E-state index in [9.17, 15) is 14.4 Å². The summed E-state index contributed by atoms with van der Waals surface area (Å²) >= 11 is 4.01. The van der Waals surface area contributed by atoms with Crippen LogP contribution in [-0.2, 0) is 14.4 Å². The molecule has 126 valence electrons. The molecule has 0 saturated carbocycles. The lowest BCUT2D eigenvalue weighted by Crippen LogP contribution is -2.55. The van der Waals surface area contributed by atoms with E-state index in [1.54, 1.807) is 0 Å². The van der Waals surface area contributed by atoms with Crippen LogP contribution in [0.1, 0.15) is 33.1 Å². The first-order chi connectivity index (χ1) is 10.3. The van der Waals surface area contributed by atoms with Crippen molar-refractivity contribution in [3.63, 3.8) is 0 Å². The van der Waals surface area contributed by atoms with E-state index in [1.807, 2.05) is 13.8 Å². The molecule has 1 aliphatic heterocycles. The number of amides is 3. The summed E-state index contributed by atoms with van der Waals surface area (Å²) in [4.78, 5) is 37.5. The van der Waals surface area contributed by atoms with Crippen LogP contribution in [0.3, 0.4) is 0 Å². The average molecular weight is 330 g/mol. The fourth-order valence-corrected chi connectivity index (χ4v) is 2.74. The Bertz CT molecular complexity index is 430. The maximum atomic E-state index is 12.4. The van der Waals surface area contributed by atoms with Gasteiger partial charge in [0, 0.05) is 12.3 Å². The predicted molar refractivity (Wildman–Crippen MR) is 87.1 cm³/mol. The molecule has 0 aliphatic carbocycles. The molecule has 8 heteroatoms. The monoisotopic (exact) mass is 330 g/mol. The summed E-state index contributed by atoms with van der Waals surface area (Å²) in [6.45, 7) is 4.38. The highest BCUT2D eigenvalue weighted by atomic mass is 32.1. The highest BCUT2D eigenvalue weighted by molar-refractivity contribution is 7.80. The Kier molecular flexibility index (Phi) is 7.15. The third kappa shape index (κ3) is 4.88. The number of likely N-dealkylation sites (tertiary alicyclic amines) is 1. The molecule has 0 spiro atoms. The minimum atomic E-state index is -0.723. The molecule has 0 aromatic rings. The molecule has 3 amide bonds. The van der Waals surface area contributed by atoms with Gasteiger partial charge in [0.2, 0.25) is 17.7 Å². The van der Waals surface area contributed by atoms with Crippen molar-refractivity contribution in [3.05, 3.63) is 0 Å². The number of nitrogens with one attached hydrogen (secondary N) is 1. The molecule has 1 fully saturated rings. The topological polar surface area (TPSA) is 119 Å². The van der Waals surface area contributed by atoms with Crippen molar-refractivity contribution in [2.45, 2.75) is 51.2 Å². The van der Waals surface area contributed by atoms with Crippen LogP contribution in [-0.4, -0.2) is 53.0 Å². The van der Waals surface area contributed by atoms with Crippen molar-refractivity contribution < 1.29 is 14.4 Å². The van der Waals surface area contributed by atoms with Crippen LogP contribution in [0.25, 0.3) is 0 Å². The first kappa shape index (κ1) is 18.8. The van der Waals surface area contributed by atoms with Crippen molar-refractivity contribution in [1.29, 1.82) is 0 Å². The summed E-state index contributed by atoms with van der Waals surface area (Å²) in [7, 11) is 0. The van der Waals surface area contributed by atoms with Crippen LogP contribution in [0.5, 0.6) is 0 Å². The Morgan fingerprint density at radius 2 is 2.00 bits per heavy atom. The van der Waals surface area contributed by atoms with Crippen LogP contribution < -0.4 is 16.8 Å². The lowest BCUT2D eigenvalue weighted by Gasteiger charge is -2.27. The lowest BCUT2D eigenvalue weighted by atomic mass is 10.0. The minimum Gasteiger partial charge on any atom is -0.368 e. The Morgan fingerprint density at radius 1 is 1.36 bits per heavy atom. The number of hydrogen-bond acceptors (Lipinski definition) is 5. The molecule has 1 heterocycles. The van der Waals surface area contributed by atoms with Crippen molar-refractivity contribution in [3.8, 4) is 0 Å². The molecule has 3 atom stereocenters. The summed E-state index contributed by atoms with van der Waals surface area (Å²) in [5.41, 5.74) is 11.0. The quantitative estimate of drug-likeness (QED) is 0.459. The molecule has 0 unspecified atom stereocenters. The van der Waals surface area contributed by atoms with Gasteiger partial charge in [-0.1, -0.05) is 13.8 Å². The number of primary amides is 1. The maximum absolute atomic E-state index is 12.4. The highest BCUT2D eigenvalue weighted by Crippen LogP contribution is 2.19. The molecule has 0 aromatic carbocycles. The molecule has 1 saturated heterocycles. The number of nitrogens with zero attached hydrogens (tertiary/aromatic N) is 1. The highest BCUT2D eigenvalue weighted by Gasteiger charge is 2.37. The van der Waals surface area contributed by atoms with Gasteiger partial charge in [-0.15, -0.1) is 0 Å². The maximum Gasteiger partial charge on any atom is 0.243 e. The standard InChI is InChI=1S/C14H26N4O3S/c1-8(2)6-10(12(16)19)17-13(20)11-4-3-5-18(11)14(21)9(15)7-22/h8-11,22H,3-7,15H2,1-2H3,(H2,16,19)(H,17,20)/t9-,10-,11-/m0/s1. The number of thiol groups is 1. The summed E-state index contributed by atoms with van der Waals surface area (Å²) in [5.74, 6) is -0.753. The largest absolute Gasteiger partial charge is 0.368 e. The molecular formula is C14H26N4O3S. The van der Waals surface area contributed by atoms with Gasteiger partial charge < -0.3 is 21.7 Å². The average Bonchev–Trinajstić information content (AvgIpc) is 2.93. The summed E-state index contributed by atoms with van der Waals surface area (Å²) in [5, 5.41) is 2.66. The van der Waals surface area contributed by atoms with E-state index in [0.29, 0.717) is 19.4 Å². The van der Waals surface area contributed by atoms with Gasteiger partial charge in [-0.05, 0) is 25.2 Å². The Morgan fingerprint density at radius 3 is 2.50 bits per heavy atom. The molecule has 22 heavy (non-hydrogen) atoms. The SMILES string of the molecule is CC(C)C[C@H](NC(=O)[C@@H]1CCCN1C(=O)[C@@H](N)CS)C(N)=O. The van der Waals surface area contributed by atoms with Gasteiger partial charge in [0.05, 0.1) is 6.04 Å². The van der Waals surface area contributed by atoms with Crippen molar-refractivity contribution in [1.82, 2.24) is 10.2 Å². The van der Waals surface area contributed by atoms with E-state index in [1.165, 1.54) is 4.90 Å². The van der Waals surface area contributed by atoms with Crippen LogP contribution in [0, 0.1) is 5.92 Å². The van der Waals surface area contributed by atoms with Crippen LogP contribution in [0.15, 0.2) is 0 Å². The van der Waals surface area contributed by atoms with E-state index < -0.39 is 24.0 Å². The minimum absolute atomic E-state index is 0.219. The Labute approximate surface area is 136 Å². The van der Waals surface area contributed by atoms with Crippen molar-refractivity contribution in [2.75, 3.05) is 12.3 Å². The van der Waals surface area contributed by atoms with Gasteiger partial charge in [0.1, 0.15) is 12.1 Å². The first-order valence-corrected chi connectivity index (χ1v) is 8.17. The van der Waals surface area contributed by atoms with Crippen molar-refractivity contribution >= 4 is 30.4 Å². The van der Waals surface area contributed by atoms with E-state index in [4.69, 9.17) is 11.5 Å². The predicted octanol–water partition coefficient (Wildman–Crippen LogP) is -0.749. The van der Waals surface area contributed by atoms with Gasteiger partial charge in [-0.3, -0.25) is 14.4 Å². The second-order valence-corrected chi connectivity index (χ2v) is 6.44. The summed E-state index contributed by atoms with van der Waals surface area (Å²) in [6.07, 6.45) is 1.76. The molecule has 5 N–H and O–H groups in total. The van der Waals surface area contributed by atoms with Crippen LogP contribution in [0.4, 0.5) is 0 Å². The van der Waals surface area contributed by atoms with Gasteiger partial charge in [0.15, 0.2) is 0 Å². The number of rotatable bonds is 7. The molecule has 1 rings (SSSR count). The fourth-order valence-electron chi connectivity index (χ4n) is 2.58. The number of carbonyl (C=O) groups excluding carboxylic acids is 3. The summed E-state index contributed by atoms with van der Waals surface area (Å²) in [6, 6.07) is -2.03. The lowest BCUT2D eigenvalue weighted by molar-refractivity contribution is -0.139. The zero-order chi connectivity index (χ0) is 16.9. The van der Waals surface area contributed by atoms with E-state index in [2.05, 4.69) is 17.9 Å². The smallest absolute Gasteiger partial charge is 0.243 e. The third-order valence-electron chi connectivity index (χ3n) is 3.72. The van der Waals surface area contributed by atoms with Crippen molar-refractivity contribution in [2.24, 2.45) is 17.4 Å². The Hall–Kier alpha value is -1.28. The third-order valence-corrected chi connectivity index (χ3v) is 4.11. The van der Waals surface area contributed by atoms with E-state index >= 15 is 0 Å². The second kappa shape index (κ2) is 8.38. The number of hydrogen-bond donors (Lipinski definition) is 4. The van der Waals surface area contributed by atoms with Gasteiger partial charge in [-0.2, -0.15) is 12.6 Å². The molecule has 0 bridgehead atoms. The van der Waals surface area contributed by atoms with Crippen LogP contribution in [0.2, 0.25) is 0 Å². The fraction of sp³-hybridized carbons (Fsp3) is 0.786. The number of nitrogens with two attached hydrogens (primary N) is 2. The normalized spacial score (nSPS) is 20.8. The van der Waals surface area contributed by atoms with Gasteiger partial charge in [0.25, 0.3) is 0 Å². The molecular weight excluding hydrogens is 304 g/mol. The van der Waals surface area contributed by atoms with Gasteiger partial charge >= 0.3 is 0 Å². The molecule has 0 radical (unpaired) electrons. The molecule has 7 nitrogen and oxygen atoms in total. The second-order valence-electron chi connectivity index (χ2n) is 6.07. The zero-order valence-electron chi connectivity index (χ0n) is 13.1. The van der Waals surface area contributed by atoms with E-state index in [-0.39, 0.29) is 23.5 Å².